The molecule has 0 aliphatic carbocycles. The average molecular weight is 560 g/mol. The van der Waals surface area contributed by atoms with Crippen LogP contribution >= 0.6 is 0 Å². The number of ether oxygens (including phenoxy) is 3. The maximum absolute atomic E-state index is 13.8. The lowest BCUT2D eigenvalue weighted by Crippen LogP contribution is -2.33. The first-order chi connectivity index (χ1) is 20.0. The van der Waals surface area contributed by atoms with Crippen LogP contribution in [0.25, 0.3) is 5.57 Å². The number of benzene rings is 2. The van der Waals surface area contributed by atoms with Gasteiger partial charge in [-0.1, -0.05) is 42.0 Å². The highest BCUT2D eigenvalue weighted by atomic mass is 19.1. The molecule has 2 aromatic carbocycles. The molecule has 2 atom stereocenters. The normalized spacial score (nSPS) is 18.2. The van der Waals surface area contributed by atoms with Crippen molar-refractivity contribution in [3.8, 4) is 5.75 Å². The van der Waals surface area contributed by atoms with Crippen LogP contribution in [0.3, 0.4) is 0 Å². The Morgan fingerprint density at radius 1 is 1.07 bits per heavy atom. The first-order valence-corrected chi connectivity index (χ1v) is 14.3. The molecule has 0 radical (unpaired) electrons. The number of methoxy groups -OCH3 is 1. The molecule has 41 heavy (non-hydrogen) atoms. The zero-order chi connectivity index (χ0) is 28.6. The van der Waals surface area contributed by atoms with Crippen LogP contribution in [0.2, 0.25) is 0 Å². The van der Waals surface area contributed by atoms with Crippen LogP contribution in [0.1, 0.15) is 59.3 Å². The van der Waals surface area contributed by atoms with Gasteiger partial charge in [0, 0.05) is 39.4 Å². The second kappa shape index (κ2) is 13.9. The van der Waals surface area contributed by atoms with Crippen LogP contribution in [0.5, 0.6) is 5.75 Å². The van der Waals surface area contributed by atoms with Gasteiger partial charge in [-0.05, 0) is 60.2 Å². The van der Waals surface area contributed by atoms with E-state index in [1.807, 2.05) is 19.1 Å². The van der Waals surface area contributed by atoms with Gasteiger partial charge >= 0.3 is 0 Å². The molecule has 0 saturated carbocycles. The van der Waals surface area contributed by atoms with E-state index in [1.165, 1.54) is 17.7 Å². The second-order valence-electron chi connectivity index (χ2n) is 10.6. The van der Waals surface area contributed by atoms with Gasteiger partial charge in [0.25, 0.3) is 5.91 Å². The molecular weight excluding hydrogens is 521 g/mol. The van der Waals surface area contributed by atoms with Crippen molar-refractivity contribution in [3.05, 3.63) is 101 Å². The van der Waals surface area contributed by atoms with Crippen molar-refractivity contribution in [1.82, 2.24) is 15.2 Å². The van der Waals surface area contributed by atoms with E-state index in [2.05, 4.69) is 39.5 Å². The third-order valence-electron chi connectivity index (χ3n) is 7.77. The van der Waals surface area contributed by atoms with Gasteiger partial charge in [0.1, 0.15) is 17.7 Å². The highest BCUT2D eigenvalue weighted by molar-refractivity contribution is 5.94. The summed E-state index contributed by atoms with van der Waals surface area (Å²) >= 11 is 0. The second-order valence-corrected chi connectivity index (χ2v) is 10.6. The van der Waals surface area contributed by atoms with Gasteiger partial charge in [0.05, 0.1) is 37.6 Å². The molecule has 7 nitrogen and oxygen atoms in total. The molecule has 216 valence electrons. The fourth-order valence-electron chi connectivity index (χ4n) is 5.42. The van der Waals surface area contributed by atoms with E-state index in [0.717, 1.165) is 67.8 Å². The molecule has 1 amide bonds. The van der Waals surface area contributed by atoms with E-state index in [1.54, 1.807) is 25.6 Å². The standard InChI is InChI=1S/C33H38FN3O4/c1-23(36-33(38)28-19-31(21-35-20-28)41-30-13-17-40-22-30)24-3-5-25(6-4-24)32(26-7-9-29(34)10-8-26)27-11-14-37(15-12-27)16-18-39-2/h3-10,19-21,23,30H,11-18,22H2,1-2H3,(H,36,38)/t23-,30+/m1/s1. The number of rotatable bonds is 10. The summed E-state index contributed by atoms with van der Waals surface area (Å²) in [5.74, 6) is 0.111. The van der Waals surface area contributed by atoms with E-state index in [0.29, 0.717) is 24.5 Å². The number of nitrogens with zero attached hydrogens (tertiary/aromatic N) is 2. The van der Waals surface area contributed by atoms with Crippen LogP contribution in [0.15, 0.2) is 72.6 Å². The number of piperidine rings is 1. The van der Waals surface area contributed by atoms with Gasteiger partial charge in [-0.3, -0.25) is 9.78 Å². The van der Waals surface area contributed by atoms with Crippen LogP contribution in [-0.2, 0) is 9.47 Å². The minimum Gasteiger partial charge on any atom is -0.486 e. The third-order valence-corrected chi connectivity index (χ3v) is 7.77. The number of hydrogen-bond acceptors (Lipinski definition) is 6. The smallest absolute Gasteiger partial charge is 0.253 e. The van der Waals surface area contributed by atoms with Gasteiger partial charge in [0.2, 0.25) is 0 Å². The Kier molecular flexibility index (Phi) is 9.77. The van der Waals surface area contributed by atoms with Crippen LogP contribution in [0.4, 0.5) is 4.39 Å². The summed E-state index contributed by atoms with van der Waals surface area (Å²) in [6.45, 7) is 6.80. The van der Waals surface area contributed by atoms with Crippen molar-refractivity contribution < 1.29 is 23.4 Å². The van der Waals surface area contributed by atoms with Crippen LogP contribution in [0, 0.1) is 5.82 Å². The highest BCUT2D eigenvalue weighted by Crippen LogP contribution is 2.33. The van der Waals surface area contributed by atoms with E-state index in [-0.39, 0.29) is 23.9 Å². The van der Waals surface area contributed by atoms with Gasteiger partial charge in [0.15, 0.2) is 0 Å². The number of aromatic nitrogens is 1. The summed E-state index contributed by atoms with van der Waals surface area (Å²) in [6, 6.07) is 16.6. The summed E-state index contributed by atoms with van der Waals surface area (Å²) in [6.07, 6.45) is 5.89. The van der Waals surface area contributed by atoms with Crippen molar-refractivity contribution in [2.45, 2.75) is 38.3 Å². The monoisotopic (exact) mass is 559 g/mol. The van der Waals surface area contributed by atoms with E-state index in [9.17, 15) is 9.18 Å². The maximum atomic E-state index is 13.8. The molecule has 2 aliphatic heterocycles. The highest BCUT2D eigenvalue weighted by Gasteiger charge is 2.21. The van der Waals surface area contributed by atoms with Gasteiger partial charge in [-0.25, -0.2) is 4.39 Å². The molecular formula is C33H38FN3O4. The third kappa shape index (κ3) is 7.58. The lowest BCUT2D eigenvalue weighted by molar-refractivity contribution is 0.0938. The maximum Gasteiger partial charge on any atom is 0.253 e. The summed E-state index contributed by atoms with van der Waals surface area (Å²) in [4.78, 5) is 19.6. The minimum absolute atomic E-state index is 0.00878. The Morgan fingerprint density at radius 2 is 1.78 bits per heavy atom. The SMILES string of the molecule is COCCN1CCC(=C(c2ccc(F)cc2)c2ccc([C@@H](C)NC(=O)c3cncc(O[C@H]4CCOC4)c3)cc2)CC1. The molecule has 2 aliphatic rings. The van der Waals surface area contributed by atoms with Gasteiger partial charge < -0.3 is 24.4 Å². The molecule has 5 rings (SSSR count). The fraction of sp³-hybridized carbons (Fsp3) is 0.394. The van der Waals surface area contributed by atoms with E-state index in [4.69, 9.17) is 14.2 Å². The van der Waals surface area contributed by atoms with Crippen molar-refractivity contribution in [1.29, 1.82) is 0 Å². The van der Waals surface area contributed by atoms with Crippen molar-refractivity contribution >= 4 is 11.5 Å². The largest absolute Gasteiger partial charge is 0.486 e. The predicted octanol–water partition coefficient (Wildman–Crippen LogP) is 5.42. The van der Waals surface area contributed by atoms with Crippen molar-refractivity contribution in [3.63, 3.8) is 0 Å². The number of carbonyl (C=O) groups is 1. The Morgan fingerprint density at radius 3 is 2.44 bits per heavy atom. The Balaban J connectivity index is 1.29. The van der Waals surface area contributed by atoms with Gasteiger partial charge in [-0.2, -0.15) is 0 Å². The lowest BCUT2D eigenvalue weighted by Gasteiger charge is -2.30. The molecule has 0 bridgehead atoms. The van der Waals surface area contributed by atoms with E-state index >= 15 is 0 Å². The van der Waals surface area contributed by atoms with Crippen LogP contribution < -0.4 is 10.1 Å². The summed E-state index contributed by atoms with van der Waals surface area (Å²) in [5.41, 5.74) is 6.07. The topological polar surface area (TPSA) is 72.9 Å². The Bertz CT molecular complexity index is 1330. The Hall–Kier alpha value is -3.59. The van der Waals surface area contributed by atoms with Crippen LogP contribution in [-0.4, -0.2) is 68.5 Å². The molecule has 1 aromatic heterocycles. The number of amides is 1. The number of nitrogens with one attached hydrogen (secondary N) is 1. The zero-order valence-electron chi connectivity index (χ0n) is 23.8. The summed E-state index contributed by atoms with van der Waals surface area (Å²) < 4.78 is 30.3. The summed E-state index contributed by atoms with van der Waals surface area (Å²) in [5, 5.41) is 3.08. The number of likely N-dealkylation sites (tertiary alicyclic amines) is 1. The molecule has 2 saturated heterocycles. The quantitative estimate of drug-likeness (QED) is 0.358. The number of halogens is 1. The zero-order valence-corrected chi connectivity index (χ0v) is 23.8. The first-order valence-electron chi connectivity index (χ1n) is 14.3. The molecule has 0 spiro atoms. The number of pyridine rings is 1. The average Bonchev–Trinajstić information content (AvgIpc) is 3.51. The van der Waals surface area contributed by atoms with Crippen molar-refractivity contribution in [2.75, 3.05) is 46.6 Å². The fourth-order valence-corrected chi connectivity index (χ4v) is 5.42. The molecule has 3 heterocycles. The van der Waals surface area contributed by atoms with E-state index < -0.39 is 0 Å². The molecule has 1 N–H and O–H groups in total. The Labute approximate surface area is 241 Å². The van der Waals surface area contributed by atoms with Crippen molar-refractivity contribution in [2.24, 2.45) is 0 Å². The number of carbonyl (C=O) groups excluding carboxylic acids is 1. The molecule has 3 aromatic rings. The molecule has 8 heteroatoms. The number of hydrogen-bond donors (Lipinski definition) is 1. The van der Waals surface area contributed by atoms with Gasteiger partial charge in [-0.15, -0.1) is 0 Å². The molecule has 2 fully saturated rings. The molecule has 0 unspecified atom stereocenters. The lowest BCUT2D eigenvalue weighted by atomic mass is 9.87. The summed E-state index contributed by atoms with van der Waals surface area (Å²) in [7, 11) is 1.73. The minimum atomic E-state index is -0.243. The first kappa shape index (κ1) is 28.9. The predicted molar refractivity (Wildman–Crippen MR) is 156 cm³/mol.